The maximum absolute atomic E-state index is 11.2. The Hall–Kier alpha value is -2.38. The predicted molar refractivity (Wildman–Crippen MR) is 80.1 cm³/mol. The monoisotopic (exact) mass is 289 g/mol. The Bertz CT molecular complexity index is 638. The van der Waals surface area contributed by atoms with Gasteiger partial charge in [0.1, 0.15) is 5.52 Å². The molecule has 1 saturated heterocycles. The van der Waals surface area contributed by atoms with Gasteiger partial charge in [-0.1, -0.05) is 6.92 Å². The van der Waals surface area contributed by atoms with Gasteiger partial charge in [0.15, 0.2) is 11.5 Å². The third-order valence-electron chi connectivity index (χ3n) is 3.42. The van der Waals surface area contributed by atoms with Crippen LogP contribution in [0.15, 0.2) is 6.33 Å². The summed E-state index contributed by atoms with van der Waals surface area (Å²) in [5.74, 6) is 1.38. The number of amides is 1. The molecule has 1 unspecified atom stereocenters. The van der Waals surface area contributed by atoms with E-state index in [1.165, 1.54) is 0 Å². The lowest BCUT2D eigenvalue weighted by atomic mass is 10.2. The Labute approximate surface area is 122 Å². The minimum Gasteiger partial charge on any atom is -0.366 e. The molecule has 1 aliphatic rings. The van der Waals surface area contributed by atoms with E-state index in [4.69, 9.17) is 0 Å². The molecular weight excluding hydrogens is 270 g/mol. The fraction of sp³-hybridized carbons (Fsp3) is 0.538. The molecule has 3 rings (SSSR count). The zero-order valence-corrected chi connectivity index (χ0v) is 11.9. The summed E-state index contributed by atoms with van der Waals surface area (Å²) < 4.78 is 0. The van der Waals surface area contributed by atoms with E-state index in [1.54, 1.807) is 6.33 Å². The second-order valence-electron chi connectivity index (χ2n) is 5.11. The number of imidazole rings is 1. The highest BCUT2D eigenvalue weighted by Crippen LogP contribution is 2.19. The van der Waals surface area contributed by atoms with Gasteiger partial charge in [0.25, 0.3) is 0 Å². The number of nitrogens with one attached hydrogen (secondary N) is 4. The van der Waals surface area contributed by atoms with Crippen LogP contribution in [0, 0.1) is 0 Å². The van der Waals surface area contributed by atoms with Crippen molar-refractivity contribution in [1.82, 2.24) is 25.3 Å². The number of nitrogens with zero attached hydrogens (tertiary/aromatic N) is 3. The first kappa shape index (κ1) is 13.6. The van der Waals surface area contributed by atoms with Gasteiger partial charge in [0, 0.05) is 25.6 Å². The van der Waals surface area contributed by atoms with Crippen molar-refractivity contribution in [3.63, 3.8) is 0 Å². The fourth-order valence-corrected chi connectivity index (χ4v) is 2.33. The van der Waals surface area contributed by atoms with Gasteiger partial charge in [-0.3, -0.25) is 4.79 Å². The second kappa shape index (κ2) is 5.94. The van der Waals surface area contributed by atoms with Crippen molar-refractivity contribution < 1.29 is 4.79 Å². The maximum Gasteiger partial charge on any atom is 0.226 e. The maximum atomic E-state index is 11.2. The third kappa shape index (κ3) is 3.04. The zero-order chi connectivity index (χ0) is 14.7. The molecule has 3 heterocycles. The molecule has 0 aliphatic carbocycles. The van der Waals surface area contributed by atoms with Crippen LogP contribution in [0.3, 0.4) is 0 Å². The molecule has 1 amide bonds. The van der Waals surface area contributed by atoms with E-state index in [0.29, 0.717) is 30.4 Å². The van der Waals surface area contributed by atoms with Crippen molar-refractivity contribution in [1.29, 1.82) is 0 Å². The van der Waals surface area contributed by atoms with Crippen LogP contribution in [0.5, 0.6) is 0 Å². The molecule has 0 radical (unpaired) electrons. The van der Waals surface area contributed by atoms with E-state index < -0.39 is 0 Å². The fourth-order valence-electron chi connectivity index (χ4n) is 2.33. The van der Waals surface area contributed by atoms with Crippen LogP contribution < -0.4 is 16.0 Å². The van der Waals surface area contributed by atoms with E-state index in [1.807, 2.05) is 0 Å². The minimum absolute atomic E-state index is 0.112. The average molecular weight is 289 g/mol. The molecule has 2 aromatic rings. The first-order valence-corrected chi connectivity index (χ1v) is 7.24. The first-order chi connectivity index (χ1) is 10.3. The quantitative estimate of drug-likeness (QED) is 0.628. The number of fused-ring (bicyclic) bond motifs is 1. The molecule has 21 heavy (non-hydrogen) atoms. The van der Waals surface area contributed by atoms with Crippen LogP contribution in [0.25, 0.3) is 11.2 Å². The van der Waals surface area contributed by atoms with Crippen LogP contribution in [-0.4, -0.2) is 45.0 Å². The summed E-state index contributed by atoms with van der Waals surface area (Å²) in [6.07, 6.45) is 4.05. The molecule has 8 nitrogen and oxygen atoms in total. The van der Waals surface area contributed by atoms with Crippen molar-refractivity contribution in [3.05, 3.63) is 6.33 Å². The lowest BCUT2D eigenvalue weighted by Crippen LogP contribution is -2.32. The number of H-pyrrole nitrogens is 1. The number of hydrogen-bond donors (Lipinski definition) is 4. The molecule has 2 aromatic heterocycles. The smallest absolute Gasteiger partial charge is 0.226 e. The van der Waals surface area contributed by atoms with Gasteiger partial charge in [-0.15, -0.1) is 0 Å². The van der Waals surface area contributed by atoms with Gasteiger partial charge in [-0.25, -0.2) is 4.98 Å². The average Bonchev–Trinajstić information content (AvgIpc) is 3.11. The van der Waals surface area contributed by atoms with E-state index >= 15 is 0 Å². The Morgan fingerprint density at radius 2 is 2.29 bits per heavy atom. The lowest BCUT2D eigenvalue weighted by molar-refractivity contribution is -0.119. The highest BCUT2D eigenvalue weighted by Gasteiger charge is 2.21. The molecular formula is C13H19N7O. The van der Waals surface area contributed by atoms with Gasteiger partial charge in [0.2, 0.25) is 11.9 Å². The van der Waals surface area contributed by atoms with E-state index in [9.17, 15) is 4.79 Å². The Morgan fingerprint density at radius 3 is 3.05 bits per heavy atom. The van der Waals surface area contributed by atoms with Crippen molar-refractivity contribution in [2.24, 2.45) is 0 Å². The number of hydrogen-bond acceptors (Lipinski definition) is 6. The Morgan fingerprint density at radius 1 is 1.38 bits per heavy atom. The molecule has 0 bridgehead atoms. The van der Waals surface area contributed by atoms with Gasteiger partial charge >= 0.3 is 0 Å². The van der Waals surface area contributed by atoms with Crippen LogP contribution in [0.1, 0.15) is 26.2 Å². The summed E-state index contributed by atoms with van der Waals surface area (Å²) in [5, 5.41) is 9.37. The summed E-state index contributed by atoms with van der Waals surface area (Å²) >= 11 is 0. The normalized spacial score (nSPS) is 18.0. The molecule has 0 saturated carbocycles. The Balaban J connectivity index is 1.75. The minimum atomic E-state index is 0.112. The zero-order valence-electron chi connectivity index (χ0n) is 11.9. The highest BCUT2D eigenvalue weighted by molar-refractivity contribution is 5.84. The van der Waals surface area contributed by atoms with Crippen LogP contribution in [-0.2, 0) is 4.79 Å². The predicted octanol–water partition coefficient (Wildman–Crippen LogP) is 0.865. The van der Waals surface area contributed by atoms with Crippen molar-refractivity contribution >= 4 is 28.8 Å². The number of anilines is 2. The SMILES string of the molecule is CCCNc1nc(NCC2CCC(=O)N2)c2[nH]cnc2n1. The van der Waals surface area contributed by atoms with Crippen molar-refractivity contribution in [2.45, 2.75) is 32.2 Å². The summed E-state index contributed by atoms with van der Waals surface area (Å²) in [6.45, 7) is 3.54. The van der Waals surface area contributed by atoms with Gasteiger partial charge in [-0.2, -0.15) is 9.97 Å². The molecule has 1 fully saturated rings. The van der Waals surface area contributed by atoms with Gasteiger partial charge in [0.05, 0.1) is 6.33 Å². The van der Waals surface area contributed by atoms with Gasteiger partial charge < -0.3 is 20.9 Å². The molecule has 1 aliphatic heterocycles. The summed E-state index contributed by atoms with van der Waals surface area (Å²) in [5.41, 5.74) is 1.41. The molecule has 8 heteroatoms. The highest BCUT2D eigenvalue weighted by atomic mass is 16.1. The molecule has 1 atom stereocenters. The van der Waals surface area contributed by atoms with E-state index in [2.05, 4.69) is 42.8 Å². The standard InChI is InChI=1S/C13H19N7O/c1-2-5-14-13-19-11(10-12(20-13)17-7-16-10)15-6-8-3-4-9(21)18-8/h7-8H,2-6H2,1H3,(H,18,21)(H3,14,15,16,17,19,20). The summed E-state index contributed by atoms with van der Waals surface area (Å²) in [7, 11) is 0. The van der Waals surface area contributed by atoms with Gasteiger partial charge in [-0.05, 0) is 12.8 Å². The second-order valence-corrected chi connectivity index (χ2v) is 5.11. The van der Waals surface area contributed by atoms with E-state index in [-0.39, 0.29) is 11.9 Å². The van der Waals surface area contributed by atoms with Crippen LogP contribution in [0.2, 0.25) is 0 Å². The van der Waals surface area contributed by atoms with Crippen LogP contribution in [0.4, 0.5) is 11.8 Å². The summed E-state index contributed by atoms with van der Waals surface area (Å²) in [4.78, 5) is 27.3. The number of rotatable bonds is 6. The molecule has 112 valence electrons. The number of aromatic nitrogens is 4. The molecule has 0 spiro atoms. The number of carbonyl (C=O) groups is 1. The number of carbonyl (C=O) groups excluding carboxylic acids is 1. The molecule has 0 aromatic carbocycles. The summed E-state index contributed by atoms with van der Waals surface area (Å²) in [6, 6.07) is 0.150. The molecule has 4 N–H and O–H groups in total. The largest absolute Gasteiger partial charge is 0.366 e. The van der Waals surface area contributed by atoms with E-state index in [0.717, 1.165) is 24.9 Å². The lowest BCUT2D eigenvalue weighted by Gasteiger charge is -2.13. The van der Waals surface area contributed by atoms with Crippen molar-refractivity contribution in [2.75, 3.05) is 23.7 Å². The third-order valence-corrected chi connectivity index (χ3v) is 3.42. The first-order valence-electron chi connectivity index (χ1n) is 7.24. The number of aromatic amines is 1. The Kier molecular flexibility index (Phi) is 3.85. The van der Waals surface area contributed by atoms with Crippen LogP contribution >= 0.6 is 0 Å². The topological polar surface area (TPSA) is 108 Å². The van der Waals surface area contributed by atoms with Crippen molar-refractivity contribution in [3.8, 4) is 0 Å².